The number of hydrogen-bond acceptors (Lipinski definition) is 4. The van der Waals surface area contributed by atoms with Crippen LogP contribution in [0.4, 0.5) is 0 Å². The molecule has 0 aliphatic heterocycles. The molecule has 0 saturated carbocycles. The summed E-state index contributed by atoms with van der Waals surface area (Å²) < 4.78 is 10.9. The zero-order valence-corrected chi connectivity index (χ0v) is 13.9. The molecule has 3 nitrogen and oxygen atoms in total. The average molecular weight is 305 g/mol. The minimum Gasteiger partial charge on any atom is -0.497 e. The van der Waals surface area contributed by atoms with Crippen molar-refractivity contribution < 1.29 is 9.47 Å². The van der Waals surface area contributed by atoms with Gasteiger partial charge < -0.3 is 14.8 Å². The first-order valence-corrected chi connectivity index (χ1v) is 8.13. The molecule has 1 aromatic heterocycles. The van der Waals surface area contributed by atoms with E-state index in [1.165, 1.54) is 11.1 Å². The predicted molar refractivity (Wildman–Crippen MR) is 88.7 cm³/mol. The van der Waals surface area contributed by atoms with Crippen molar-refractivity contribution in [1.29, 1.82) is 0 Å². The lowest BCUT2D eigenvalue weighted by atomic mass is 9.97. The normalized spacial score (nSPS) is 12.2. The highest BCUT2D eigenvalue weighted by Gasteiger charge is 2.20. The van der Waals surface area contributed by atoms with E-state index in [0.717, 1.165) is 30.0 Å². The standard InChI is InChI=1S/C17H23NO2S/c1-5-8-18-17(15-11-21-10-12(15)2)14-7-6-13(19-3)9-16(14)20-4/h6-7,9-11,17-18H,5,8H2,1-4H3. The number of aryl methyl sites for hydroxylation is 1. The minimum atomic E-state index is 0.150. The van der Waals surface area contributed by atoms with E-state index in [-0.39, 0.29) is 6.04 Å². The van der Waals surface area contributed by atoms with Crippen LogP contribution >= 0.6 is 11.3 Å². The molecule has 1 atom stereocenters. The molecule has 0 bridgehead atoms. The van der Waals surface area contributed by atoms with Crippen molar-refractivity contribution in [3.63, 3.8) is 0 Å². The highest BCUT2D eigenvalue weighted by atomic mass is 32.1. The maximum Gasteiger partial charge on any atom is 0.127 e. The van der Waals surface area contributed by atoms with Crippen molar-refractivity contribution in [1.82, 2.24) is 5.32 Å². The molecule has 1 N–H and O–H groups in total. The molecule has 0 saturated heterocycles. The van der Waals surface area contributed by atoms with E-state index in [1.54, 1.807) is 25.6 Å². The SMILES string of the molecule is CCCNC(c1cscc1C)c1ccc(OC)cc1OC. The Morgan fingerprint density at radius 2 is 1.95 bits per heavy atom. The smallest absolute Gasteiger partial charge is 0.127 e. The molecule has 2 rings (SSSR count). The Labute approximate surface area is 130 Å². The Balaban J connectivity index is 2.43. The second-order valence-electron chi connectivity index (χ2n) is 5.01. The summed E-state index contributed by atoms with van der Waals surface area (Å²) in [5.41, 5.74) is 3.77. The van der Waals surface area contributed by atoms with Gasteiger partial charge in [0.1, 0.15) is 11.5 Å². The van der Waals surface area contributed by atoms with E-state index < -0.39 is 0 Å². The first-order chi connectivity index (χ1) is 10.2. The summed E-state index contributed by atoms with van der Waals surface area (Å²) in [7, 11) is 3.37. The molecule has 2 aromatic rings. The number of ether oxygens (including phenoxy) is 2. The topological polar surface area (TPSA) is 30.5 Å². The fourth-order valence-corrected chi connectivity index (χ4v) is 3.28. The zero-order valence-electron chi connectivity index (χ0n) is 13.1. The molecule has 0 radical (unpaired) electrons. The fourth-order valence-electron chi connectivity index (χ4n) is 2.40. The number of rotatable bonds is 7. The van der Waals surface area contributed by atoms with Gasteiger partial charge in [0.25, 0.3) is 0 Å². The zero-order chi connectivity index (χ0) is 15.2. The highest BCUT2D eigenvalue weighted by Crippen LogP contribution is 2.35. The number of hydrogen-bond donors (Lipinski definition) is 1. The lowest BCUT2D eigenvalue weighted by molar-refractivity contribution is 0.387. The largest absolute Gasteiger partial charge is 0.497 e. The highest BCUT2D eigenvalue weighted by molar-refractivity contribution is 7.08. The van der Waals surface area contributed by atoms with E-state index in [4.69, 9.17) is 9.47 Å². The molecule has 21 heavy (non-hydrogen) atoms. The number of methoxy groups -OCH3 is 2. The maximum absolute atomic E-state index is 5.57. The second kappa shape index (κ2) is 7.48. The number of thiophene rings is 1. The van der Waals surface area contributed by atoms with Gasteiger partial charge in [-0.1, -0.05) is 6.92 Å². The van der Waals surface area contributed by atoms with Gasteiger partial charge in [-0.3, -0.25) is 0 Å². The van der Waals surface area contributed by atoms with Gasteiger partial charge in [-0.25, -0.2) is 0 Å². The summed E-state index contributed by atoms with van der Waals surface area (Å²) in [5.74, 6) is 1.67. The molecular weight excluding hydrogens is 282 g/mol. The lowest BCUT2D eigenvalue weighted by Crippen LogP contribution is -2.23. The first kappa shape index (κ1) is 15.9. The molecule has 0 aliphatic rings. The van der Waals surface area contributed by atoms with Crippen molar-refractivity contribution in [2.75, 3.05) is 20.8 Å². The van der Waals surface area contributed by atoms with Crippen LogP contribution in [-0.2, 0) is 0 Å². The summed E-state index contributed by atoms with van der Waals surface area (Å²) in [5, 5.41) is 8.03. The maximum atomic E-state index is 5.57. The molecule has 1 aromatic carbocycles. The molecule has 1 heterocycles. The predicted octanol–water partition coefficient (Wildman–Crippen LogP) is 4.16. The lowest BCUT2D eigenvalue weighted by Gasteiger charge is -2.22. The monoisotopic (exact) mass is 305 g/mol. The van der Waals surface area contributed by atoms with Crippen molar-refractivity contribution in [3.8, 4) is 11.5 Å². The Hall–Kier alpha value is -1.52. The Kier molecular flexibility index (Phi) is 5.65. The molecule has 0 spiro atoms. The van der Waals surface area contributed by atoms with E-state index in [1.807, 2.05) is 12.1 Å². The van der Waals surface area contributed by atoms with Crippen LogP contribution in [-0.4, -0.2) is 20.8 Å². The third-order valence-corrected chi connectivity index (χ3v) is 4.44. The summed E-state index contributed by atoms with van der Waals surface area (Å²) in [6.45, 7) is 5.30. The van der Waals surface area contributed by atoms with Crippen LogP contribution in [0.5, 0.6) is 11.5 Å². The first-order valence-electron chi connectivity index (χ1n) is 7.19. The summed E-state index contributed by atoms with van der Waals surface area (Å²) >= 11 is 1.74. The van der Waals surface area contributed by atoms with Crippen LogP contribution in [0, 0.1) is 6.92 Å². The molecule has 0 amide bonds. The summed E-state index contributed by atoms with van der Waals surface area (Å²) in [6.07, 6.45) is 1.10. The molecule has 0 fully saturated rings. The van der Waals surface area contributed by atoms with Gasteiger partial charge >= 0.3 is 0 Å². The fraction of sp³-hybridized carbons (Fsp3) is 0.412. The van der Waals surface area contributed by atoms with Gasteiger partial charge in [-0.05, 0) is 53.9 Å². The quantitative estimate of drug-likeness (QED) is 0.833. The second-order valence-corrected chi connectivity index (χ2v) is 5.75. The van der Waals surface area contributed by atoms with E-state index in [0.29, 0.717) is 0 Å². The van der Waals surface area contributed by atoms with Gasteiger partial charge in [-0.2, -0.15) is 11.3 Å². The Morgan fingerprint density at radius 1 is 1.14 bits per heavy atom. The van der Waals surface area contributed by atoms with E-state index >= 15 is 0 Å². The third-order valence-electron chi connectivity index (χ3n) is 3.56. The molecule has 4 heteroatoms. The molecule has 114 valence electrons. The average Bonchev–Trinajstić information content (AvgIpc) is 2.94. The van der Waals surface area contributed by atoms with E-state index in [2.05, 4.69) is 36.0 Å². The molecule has 0 aliphatic carbocycles. The Morgan fingerprint density at radius 3 is 2.52 bits per heavy atom. The van der Waals surface area contributed by atoms with Crippen molar-refractivity contribution in [2.24, 2.45) is 0 Å². The van der Waals surface area contributed by atoms with Gasteiger partial charge in [-0.15, -0.1) is 0 Å². The van der Waals surface area contributed by atoms with Crippen LogP contribution in [0.3, 0.4) is 0 Å². The molecule has 1 unspecified atom stereocenters. The van der Waals surface area contributed by atoms with Crippen LogP contribution in [0.15, 0.2) is 29.0 Å². The van der Waals surface area contributed by atoms with Crippen LogP contribution in [0.1, 0.15) is 36.1 Å². The van der Waals surface area contributed by atoms with Crippen molar-refractivity contribution in [3.05, 3.63) is 45.6 Å². The van der Waals surface area contributed by atoms with Crippen LogP contribution in [0.2, 0.25) is 0 Å². The van der Waals surface area contributed by atoms with Gasteiger partial charge in [0.15, 0.2) is 0 Å². The Bertz CT molecular complexity index is 580. The number of benzene rings is 1. The van der Waals surface area contributed by atoms with Gasteiger partial charge in [0, 0.05) is 11.6 Å². The van der Waals surface area contributed by atoms with Gasteiger partial charge in [0.2, 0.25) is 0 Å². The third kappa shape index (κ3) is 3.57. The summed E-state index contributed by atoms with van der Waals surface area (Å²) in [6, 6.07) is 6.16. The number of nitrogens with one attached hydrogen (secondary N) is 1. The minimum absolute atomic E-state index is 0.150. The van der Waals surface area contributed by atoms with Crippen molar-refractivity contribution >= 4 is 11.3 Å². The molecular formula is C17H23NO2S. The van der Waals surface area contributed by atoms with E-state index in [9.17, 15) is 0 Å². The van der Waals surface area contributed by atoms with Gasteiger partial charge in [0.05, 0.1) is 20.3 Å². The van der Waals surface area contributed by atoms with Crippen LogP contribution in [0.25, 0.3) is 0 Å². The van der Waals surface area contributed by atoms with Crippen LogP contribution < -0.4 is 14.8 Å². The van der Waals surface area contributed by atoms with Crippen molar-refractivity contribution in [2.45, 2.75) is 26.3 Å². The summed E-state index contributed by atoms with van der Waals surface area (Å²) in [4.78, 5) is 0.